The Balaban J connectivity index is 1.95. The molecule has 0 saturated heterocycles. The summed E-state index contributed by atoms with van der Waals surface area (Å²) < 4.78 is 4.66. The first-order valence-corrected chi connectivity index (χ1v) is 7.75. The molecule has 0 aliphatic heterocycles. The summed E-state index contributed by atoms with van der Waals surface area (Å²) in [4.78, 5) is 24.5. The van der Waals surface area contributed by atoms with Gasteiger partial charge in [-0.1, -0.05) is 24.3 Å². The van der Waals surface area contributed by atoms with Crippen LogP contribution in [0.15, 0.2) is 53.4 Å². The zero-order valence-corrected chi connectivity index (χ0v) is 13.3. The SMILES string of the molecule is COC(=O)c1cccc(NC(=O)CSc2ccccc2C)c1. The number of aryl methyl sites for hydroxylation is 1. The second kappa shape index (κ2) is 7.66. The molecule has 0 saturated carbocycles. The highest BCUT2D eigenvalue weighted by Gasteiger charge is 2.08. The Morgan fingerprint density at radius 1 is 1.14 bits per heavy atom. The maximum absolute atomic E-state index is 12.0. The Morgan fingerprint density at radius 2 is 1.91 bits per heavy atom. The van der Waals surface area contributed by atoms with Crippen LogP contribution in [-0.4, -0.2) is 24.7 Å². The fraction of sp³-hybridized carbons (Fsp3) is 0.176. The largest absolute Gasteiger partial charge is 0.465 e. The molecule has 0 bridgehead atoms. The summed E-state index contributed by atoms with van der Waals surface area (Å²) in [6.07, 6.45) is 0. The molecule has 0 spiro atoms. The van der Waals surface area contributed by atoms with E-state index in [4.69, 9.17) is 0 Å². The Bertz CT molecular complexity index is 685. The van der Waals surface area contributed by atoms with Gasteiger partial charge in [-0.2, -0.15) is 0 Å². The predicted octanol–water partition coefficient (Wildman–Crippen LogP) is 3.51. The summed E-state index contributed by atoms with van der Waals surface area (Å²) in [5, 5.41) is 2.78. The van der Waals surface area contributed by atoms with Gasteiger partial charge in [0, 0.05) is 10.6 Å². The number of benzene rings is 2. The third-order valence-corrected chi connectivity index (χ3v) is 4.20. The van der Waals surface area contributed by atoms with Crippen molar-refractivity contribution in [2.24, 2.45) is 0 Å². The van der Waals surface area contributed by atoms with Gasteiger partial charge in [-0.25, -0.2) is 4.79 Å². The average Bonchev–Trinajstić information content (AvgIpc) is 2.53. The summed E-state index contributed by atoms with van der Waals surface area (Å²) in [6.45, 7) is 2.01. The van der Waals surface area contributed by atoms with E-state index in [2.05, 4.69) is 10.1 Å². The Kier molecular flexibility index (Phi) is 5.61. The van der Waals surface area contributed by atoms with Crippen molar-refractivity contribution in [3.05, 3.63) is 59.7 Å². The fourth-order valence-corrected chi connectivity index (χ4v) is 2.73. The van der Waals surface area contributed by atoms with Gasteiger partial charge in [0.05, 0.1) is 18.4 Å². The third kappa shape index (κ3) is 4.36. The van der Waals surface area contributed by atoms with Crippen LogP contribution < -0.4 is 5.32 Å². The van der Waals surface area contributed by atoms with Gasteiger partial charge in [0.25, 0.3) is 0 Å². The van der Waals surface area contributed by atoms with Crippen LogP contribution in [0, 0.1) is 6.92 Å². The number of amides is 1. The first-order valence-electron chi connectivity index (χ1n) is 6.77. The zero-order chi connectivity index (χ0) is 15.9. The number of nitrogens with one attached hydrogen (secondary N) is 1. The van der Waals surface area contributed by atoms with Crippen LogP contribution in [0.1, 0.15) is 15.9 Å². The van der Waals surface area contributed by atoms with Crippen LogP contribution >= 0.6 is 11.8 Å². The first-order chi connectivity index (χ1) is 10.6. The van der Waals surface area contributed by atoms with Crippen molar-refractivity contribution < 1.29 is 14.3 Å². The molecule has 1 amide bonds. The van der Waals surface area contributed by atoms with Gasteiger partial charge in [0.2, 0.25) is 5.91 Å². The third-order valence-electron chi connectivity index (χ3n) is 3.02. The lowest BCUT2D eigenvalue weighted by molar-refractivity contribution is -0.113. The molecule has 0 radical (unpaired) electrons. The lowest BCUT2D eigenvalue weighted by Crippen LogP contribution is -2.14. The van der Waals surface area contributed by atoms with Crippen molar-refractivity contribution in [3.63, 3.8) is 0 Å². The summed E-state index contributed by atoms with van der Waals surface area (Å²) >= 11 is 1.49. The molecule has 0 aliphatic carbocycles. The predicted molar refractivity (Wildman–Crippen MR) is 88.3 cm³/mol. The van der Waals surface area contributed by atoms with E-state index in [1.807, 2.05) is 31.2 Å². The van der Waals surface area contributed by atoms with Crippen LogP contribution in [0.2, 0.25) is 0 Å². The van der Waals surface area contributed by atoms with Crippen molar-refractivity contribution in [1.82, 2.24) is 0 Å². The van der Waals surface area contributed by atoms with Crippen molar-refractivity contribution in [3.8, 4) is 0 Å². The molecule has 4 nitrogen and oxygen atoms in total. The van der Waals surface area contributed by atoms with Gasteiger partial charge in [0.15, 0.2) is 0 Å². The van der Waals surface area contributed by atoms with E-state index in [1.165, 1.54) is 18.9 Å². The second-order valence-corrected chi connectivity index (χ2v) is 5.69. The van der Waals surface area contributed by atoms with Crippen LogP contribution in [0.5, 0.6) is 0 Å². The molecule has 0 atom stereocenters. The maximum Gasteiger partial charge on any atom is 0.337 e. The van der Waals surface area contributed by atoms with E-state index >= 15 is 0 Å². The number of carbonyl (C=O) groups excluding carboxylic acids is 2. The van der Waals surface area contributed by atoms with E-state index in [0.29, 0.717) is 17.0 Å². The standard InChI is InChI=1S/C17H17NO3S/c1-12-6-3-4-9-15(12)22-11-16(19)18-14-8-5-7-13(10-14)17(20)21-2/h3-10H,11H2,1-2H3,(H,18,19). The molecule has 5 heteroatoms. The number of hydrogen-bond donors (Lipinski definition) is 1. The van der Waals surface area contributed by atoms with Crippen LogP contribution in [0.4, 0.5) is 5.69 Å². The Hall–Kier alpha value is -2.27. The van der Waals surface area contributed by atoms with Crippen molar-refractivity contribution >= 4 is 29.3 Å². The minimum absolute atomic E-state index is 0.115. The minimum atomic E-state index is -0.426. The van der Waals surface area contributed by atoms with Gasteiger partial charge in [-0.15, -0.1) is 11.8 Å². The molecule has 2 aromatic carbocycles. The van der Waals surface area contributed by atoms with E-state index in [0.717, 1.165) is 10.5 Å². The molecular formula is C17H17NO3S. The van der Waals surface area contributed by atoms with Crippen LogP contribution in [0.3, 0.4) is 0 Å². The zero-order valence-electron chi connectivity index (χ0n) is 12.5. The number of methoxy groups -OCH3 is 1. The average molecular weight is 315 g/mol. The highest BCUT2D eigenvalue weighted by Crippen LogP contribution is 2.22. The quantitative estimate of drug-likeness (QED) is 0.677. The number of anilines is 1. The normalized spacial score (nSPS) is 10.1. The monoisotopic (exact) mass is 315 g/mol. The van der Waals surface area contributed by atoms with Crippen molar-refractivity contribution in [2.75, 3.05) is 18.2 Å². The molecule has 0 aromatic heterocycles. The Morgan fingerprint density at radius 3 is 2.64 bits per heavy atom. The number of ether oxygens (including phenoxy) is 1. The fourth-order valence-electron chi connectivity index (χ4n) is 1.90. The molecule has 1 N–H and O–H groups in total. The van der Waals surface area contributed by atoms with Crippen molar-refractivity contribution in [1.29, 1.82) is 0 Å². The number of hydrogen-bond acceptors (Lipinski definition) is 4. The van der Waals surface area contributed by atoms with Crippen molar-refractivity contribution in [2.45, 2.75) is 11.8 Å². The maximum atomic E-state index is 12.0. The van der Waals surface area contributed by atoms with Gasteiger partial charge < -0.3 is 10.1 Å². The summed E-state index contributed by atoms with van der Waals surface area (Å²) in [5.41, 5.74) is 2.14. The molecule has 0 aliphatic rings. The molecule has 22 heavy (non-hydrogen) atoms. The summed E-state index contributed by atoms with van der Waals surface area (Å²) in [5.74, 6) is -0.228. The molecule has 0 unspecified atom stereocenters. The van der Waals surface area contributed by atoms with E-state index in [9.17, 15) is 9.59 Å². The molecule has 114 valence electrons. The first kappa shape index (κ1) is 16.1. The molecule has 2 aromatic rings. The summed E-state index contributed by atoms with van der Waals surface area (Å²) in [6, 6.07) is 14.6. The second-order valence-electron chi connectivity index (χ2n) is 4.67. The number of rotatable bonds is 5. The number of esters is 1. The molecular weight excluding hydrogens is 298 g/mol. The van der Waals surface area contributed by atoms with Gasteiger partial charge in [0.1, 0.15) is 0 Å². The van der Waals surface area contributed by atoms with E-state index in [1.54, 1.807) is 24.3 Å². The lowest BCUT2D eigenvalue weighted by atomic mass is 10.2. The molecule has 0 heterocycles. The topological polar surface area (TPSA) is 55.4 Å². The number of thioether (sulfide) groups is 1. The highest BCUT2D eigenvalue weighted by atomic mass is 32.2. The number of carbonyl (C=O) groups is 2. The van der Waals surface area contributed by atoms with E-state index in [-0.39, 0.29) is 5.91 Å². The van der Waals surface area contributed by atoms with Crippen LogP contribution in [-0.2, 0) is 9.53 Å². The minimum Gasteiger partial charge on any atom is -0.465 e. The van der Waals surface area contributed by atoms with Gasteiger partial charge >= 0.3 is 5.97 Å². The van der Waals surface area contributed by atoms with E-state index < -0.39 is 5.97 Å². The smallest absolute Gasteiger partial charge is 0.337 e. The van der Waals surface area contributed by atoms with Gasteiger partial charge in [-0.3, -0.25) is 4.79 Å². The lowest BCUT2D eigenvalue weighted by Gasteiger charge is -2.08. The highest BCUT2D eigenvalue weighted by molar-refractivity contribution is 8.00. The van der Waals surface area contributed by atoms with Gasteiger partial charge in [-0.05, 0) is 36.8 Å². The Labute approximate surface area is 133 Å². The summed E-state index contributed by atoms with van der Waals surface area (Å²) in [7, 11) is 1.33. The molecule has 2 rings (SSSR count). The van der Waals surface area contributed by atoms with Crippen LogP contribution in [0.25, 0.3) is 0 Å². The molecule has 0 fully saturated rings.